The number of imidazole rings is 1. The molecule has 17 heavy (non-hydrogen) atoms. The molecule has 0 amide bonds. The minimum atomic E-state index is 0.165. The van der Waals surface area contributed by atoms with Gasteiger partial charge in [-0.3, -0.25) is 0 Å². The molecule has 0 fully saturated rings. The van der Waals surface area contributed by atoms with Gasteiger partial charge >= 0.3 is 0 Å². The number of aromatic nitrogens is 2. The first-order chi connectivity index (χ1) is 8.00. The molecule has 1 N–H and O–H groups in total. The van der Waals surface area contributed by atoms with Crippen LogP contribution in [-0.2, 0) is 0 Å². The number of nitrogens with zero attached hydrogens (tertiary/aromatic N) is 1. The molecule has 90 valence electrons. The van der Waals surface area contributed by atoms with Gasteiger partial charge < -0.3 is 4.98 Å². The van der Waals surface area contributed by atoms with Crippen LogP contribution in [0.3, 0.4) is 0 Å². The Morgan fingerprint density at radius 3 is 2.41 bits per heavy atom. The predicted molar refractivity (Wildman–Crippen MR) is 71.1 cm³/mol. The Labute approximate surface area is 103 Å². The quantitative estimate of drug-likeness (QED) is 0.829. The summed E-state index contributed by atoms with van der Waals surface area (Å²) in [5.41, 5.74) is 4.07. The van der Waals surface area contributed by atoms with Crippen molar-refractivity contribution >= 4 is 0 Å². The van der Waals surface area contributed by atoms with Gasteiger partial charge in [0.1, 0.15) is 0 Å². The van der Waals surface area contributed by atoms with Gasteiger partial charge in [0.25, 0.3) is 0 Å². The van der Waals surface area contributed by atoms with E-state index in [0.29, 0.717) is 5.92 Å². The van der Waals surface area contributed by atoms with Crippen molar-refractivity contribution in [3.05, 3.63) is 53.6 Å². The Kier molecular flexibility index (Phi) is 3.05. The molecule has 0 aliphatic rings. The van der Waals surface area contributed by atoms with Crippen LogP contribution in [0.5, 0.6) is 0 Å². The van der Waals surface area contributed by atoms with Gasteiger partial charge in [0.05, 0.1) is 6.33 Å². The maximum atomic E-state index is 4.16. The molecule has 1 aromatic heterocycles. The fourth-order valence-electron chi connectivity index (χ4n) is 2.44. The third-order valence-corrected chi connectivity index (χ3v) is 3.20. The normalized spacial score (nSPS) is 13.6. The second kappa shape index (κ2) is 4.36. The molecule has 0 aliphatic heterocycles. The Hall–Kier alpha value is -1.57. The molecule has 0 saturated carbocycles. The van der Waals surface area contributed by atoms with Crippen LogP contribution < -0.4 is 0 Å². The summed E-state index contributed by atoms with van der Waals surface area (Å²) in [5.74, 6) is 0.353. The van der Waals surface area contributed by atoms with Gasteiger partial charge in [-0.2, -0.15) is 0 Å². The van der Waals surface area contributed by atoms with Crippen LogP contribution in [0.2, 0.25) is 0 Å². The lowest BCUT2D eigenvalue weighted by atomic mass is 9.73. The zero-order chi connectivity index (χ0) is 12.5. The van der Waals surface area contributed by atoms with E-state index in [1.54, 1.807) is 6.33 Å². The number of aromatic amines is 1. The summed E-state index contributed by atoms with van der Waals surface area (Å²) in [4.78, 5) is 7.41. The minimum Gasteiger partial charge on any atom is -0.348 e. The average molecular weight is 228 g/mol. The first kappa shape index (κ1) is 11.9. The second-order valence-corrected chi connectivity index (χ2v) is 5.66. The van der Waals surface area contributed by atoms with E-state index in [1.807, 2.05) is 6.20 Å². The van der Waals surface area contributed by atoms with Crippen molar-refractivity contribution in [2.45, 2.75) is 33.6 Å². The van der Waals surface area contributed by atoms with Gasteiger partial charge in [0.15, 0.2) is 0 Å². The van der Waals surface area contributed by atoms with E-state index in [0.717, 1.165) is 0 Å². The van der Waals surface area contributed by atoms with Crippen molar-refractivity contribution < 1.29 is 0 Å². The van der Waals surface area contributed by atoms with Gasteiger partial charge in [0, 0.05) is 17.8 Å². The summed E-state index contributed by atoms with van der Waals surface area (Å²) in [6, 6.07) is 8.58. The molecule has 1 unspecified atom stereocenters. The number of benzene rings is 1. The highest BCUT2D eigenvalue weighted by atomic mass is 14.9. The lowest BCUT2D eigenvalue weighted by Crippen LogP contribution is -2.20. The van der Waals surface area contributed by atoms with Crippen LogP contribution in [0.25, 0.3) is 0 Å². The zero-order valence-corrected chi connectivity index (χ0v) is 11.0. The molecule has 0 spiro atoms. The fraction of sp³-hybridized carbons (Fsp3) is 0.400. The predicted octanol–water partition coefficient (Wildman–Crippen LogP) is 3.90. The van der Waals surface area contributed by atoms with Crippen LogP contribution in [0.15, 0.2) is 36.8 Å². The van der Waals surface area contributed by atoms with E-state index >= 15 is 0 Å². The molecular weight excluding hydrogens is 208 g/mol. The second-order valence-electron chi connectivity index (χ2n) is 5.66. The van der Waals surface area contributed by atoms with E-state index in [1.165, 1.54) is 16.8 Å². The lowest BCUT2D eigenvalue weighted by Gasteiger charge is -2.31. The molecule has 0 bridgehead atoms. The van der Waals surface area contributed by atoms with Crippen molar-refractivity contribution in [1.29, 1.82) is 0 Å². The maximum Gasteiger partial charge on any atom is 0.0921 e. The summed E-state index contributed by atoms with van der Waals surface area (Å²) < 4.78 is 0. The Bertz CT molecular complexity index is 478. The van der Waals surface area contributed by atoms with Gasteiger partial charge in [-0.25, -0.2) is 4.98 Å². The summed E-state index contributed by atoms with van der Waals surface area (Å²) in [6.45, 7) is 8.98. The van der Waals surface area contributed by atoms with Crippen molar-refractivity contribution in [3.63, 3.8) is 0 Å². The SMILES string of the molecule is Cc1ccccc1C(c1cnc[nH]1)C(C)(C)C. The first-order valence-corrected chi connectivity index (χ1v) is 6.04. The Morgan fingerprint density at radius 1 is 1.18 bits per heavy atom. The van der Waals surface area contributed by atoms with E-state index in [2.05, 4.69) is 61.9 Å². The molecule has 1 aromatic carbocycles. The number of aryl methyl sites for hydroxylation is 1. The van der Waals surface area contributed by atoms with Crippen molar-refractivity contribution in [3.8, 4) is 0 Å². The highest BCUT2D eigenvalue weighted by Crippen LogP contribution is 2.40. The van der Waals surface area contributed by atoms with Crippen molar-refractivity contribution in [1.82, 2.24) is 9.97 Å². The number of H-pyrrole nitrogens is 1. The van der Waals surface area contributed by atoms with Crippen LogP contribution in [-0.4, -0.2) is 9.97 Å². The van der Waals surface area contributed by atoms with Gasteiger partial charge in [-0.15, -0.1) is 0 Å². The standard InChI is InChI=1S/C15H20N2/c1-11-7-5-6-8-12(11)14(15(2,3)4)13-9-16-10-17-13/h5-10,14H,1-4H3,(H,16,17). The maximum absolute atomic E-state index is 4.16. The van der Waals surface area contributed by atoms with Gasteiger partial charge in [-0.05, 0) is 23.5 Å². The molecule has 2 heteroatoms. The molecule has 2 rings (SSSR count). The smallest absolute Gasteiger partial charge is 0.0921 e. The third kappa shape index (κ3) is 2.41. The first-order valence-electron chi connectivity index (χ1n) is 6.04. The van der Waals surface area contributed by atoms with E-state index in [-0.39, 0.29) is 5.41 Å². The number of hydrogen-bond donors (Lipinski definition) is 1. The number of hydrogen-bond acceptors (Lipinski definition) is 1. The fourth-order valence-corrected chi connectivity index (χ4v) is 2.44. The number of rotatable bonds is 2. The topological polar surface area (TPSA) is 28.7 Å². The minimum absolute atomic E-state index is 0.165. The summed E-state index contributed by atoms with van der Waals surface area (Å²) in [6.07, 6.45) is 3.69. The molecule has 2 nitrogen and oxygen atoms in total. The summed E-state index contributed by atoms with van der Waals surface area (Å²) in [5, 5.41) is 0. The third-order valence-electron chi connectivity index (χ3n) is 3.20. The summed E-state index contributed by atoms with van der Waals surface area (Å²) in [7, 11) is 0. The summed E-state index contributed by atoms with van der Waals surface area (Å²) >= 11 is 0. The molecule has 1 atom stereocenters. The lowest BCUT2D eigenvalue weighted by molar-refractivity contribution is 0.353. The zero-order valence-electron chi connectivity index (χ0n) is 11.0. The van der Waals surface area contributed by atoms with E-state index in [9.17, 15) is 0 Å². The molecular formula is C15H20N2. The van der Waals surface area contributed by atoms with E-state index in [4.69, 9.17) is 0 Å². The van der Waals surface area contributed by atoms with Crippen LogP contribution >= 0.6 is 0 Å². The van der Waals surface area contributed by atoms with E-state index < -0.39 is 0 Å². The van der Waals surface area contributed by atoms with Crippen molar-refractivity contribution in [2.75, 3.05) is 0 Å². The van der Waals surface area contributed by atoms with Crippen LogP contribution in [0.4, 0.5) is 0 Å². The van der Waals surface area contributed by atoms with Crippen molar-refractivity contribution in [2.24, 2.45) is 5.41 Å². The number of nitrogens with one attached hydrogen (secondary N) is 1. The van der Waals surface area contributed by atoms with Crippen LogP contribution in [0, 0.1) is 12.3 Å². The van der Waals surface area contributed by atoms with Gasteiger partial charge in [-0.1, -0.05) is 45.0 Å². The molecule has 0 saturated heterocycles. The monoisotopic (exact) mass is 228 g/mol. The van der Waals surface area contributed by atoms with Gasteiger partial charge in [0.2, 0.25) is 0 Å². The molecule has 0 radical (unpaired) electrons. The average Bonchev–Trinajstić information content (AvgIpc) is 2.72. The Morgan fingerprint density at radius 2 is 1.88 bits per heavy atom. The molecule has 1 heterocycles. The highest BCUT2D eigenvalue weighted by molar-refractivity contribution is 5.35. The van der Waals surface area contributed by atoms with Crippen LogP contribution in [0.1, 0.15) is 43.5 Å². The largest absolute Gasteiger partial charge is 0.348 e. The molecule has 0 aliphatic carbocycles. The highest BCUT2D eigenvalue weighted by Gasteiger charge is 2.29. The molecule has 2 aromatic rings. The Balaban J connectivity index is 2.53.